The lowest BCUT2D eigenvalue weighted by Gasteiger charge is -2.25. The third-order valence-corrected chi connectivity index (χ3v) is 5.41. The molecule has 0 radical (unpaired) electrons. The van der Waals surface area contributed by atoms with Gasteiger partial charge in [-0.05, 0) is 73.5 Å². The van der Waals surface area contributed by atoms with Crippen LogP contribution in [0.5, 0.6) is 0 Å². The number of anilines is 1. The third kappa shape index (κ3) is 4.07. The third-order valence-electron chi connectivity index (χ3n) is 4.80. The van der Waals surface area contributed by atoms with Gasteiger partial charge in [0.2, 0.25) is 0 Å². The molecule has 25 heavy (non-hydrogen) atoms. The van der Waals surface area contributed by atoms with Gasteiger partial charge in [-0.2, -0.15) is 0 Å². The molecule has 2 aliphatic rings. The first-order valence-corrected chi connectivity index (χ1v) is 9.31. The molecule has 1 aromatic rings. The van der Waals surface area contributed by atoms with Gasteiger partial charge in [0.25, 0.3) is 0 Å². The van der Waals surface area contributed by atoms with Crippen LogP contribution in [0.1, 0.15) is 33.6 Å². The van der Waals surface area contributed by atoms with E-state index in [2.05, 4.69) is 21.2 Å². The van der Waals surface area contributed by atoms with Crippen molar-refractivity contribution >= 4 is 27.7 Å². The van der Waals surface area contributed by atoms with Crippen molar-refractivity contribution in [1.82, 2.24) is 4.90 Å². The Bertz CT molecular complexity index is 664. The minimum atomic E-state index is -0.876. The van der Waals surface area contributed by atoms with Crippen LogP contribution in [0.3, 0.4) is 0 Å². The molecular formula is C18H23BrF2N2O2. The molecule has 3 rings (SSSR count). The highest BCUT2D eigenvalue weighted by Crippen LogP contribution is 2.40. The molecule has 1 N–H and O–H groups in total. The first kappa shape index (κ1) is 18.4. The summed E-state index contributed by atoms with van der Waals surface area (Å²) < 4.78 is 33.2. The van der Waals surface area contributed by atoms with Gasteiger partial charge < -0.3 is 15.0 Å². The maximum atomic E-state index is 14.0. The molecule has 1 amide bonds. The fourth-order valence-electron chi connectivity index (χ4n) is 3.75. The molecule has 2 fully saturated rings. The summed E-state index contributed by atoms with van der Waals surface area (Å²) in [7, 11) is 0. The molecule has 2 atom stereocenters. The van der Waals surface area contributed by atoms with Gasteiger partial charge >= 0.3 is 6.09 Å². The Balaban J connectivity index is 1.57. The molecule has 1 aliphatic heterocycles. The van der Waals surface area contributed by atoms with Crippen LogP contribution in [0.2, 0.25) is 0 Å². The molecule has 4 nitrogen and oxygen atoms in total. The number of ether oxygens (including phenoxy) is 1. The fraction of sp³-hybridized carbons (Fsp3) is 0.611. The van der Waals surface area contributed by atoms with Crippen LogP contribution < -0.4 is 5.32 Å². The normalized spacial score (nSPS) is 25.8. The second-order valence-electron chi connectivity index (χ2n) is 7.94. The molecular weight excluding hydrogens is 394 g/mol. The second kappa shape index (κ2) is 6.74. The molecule has 0 aromatic heterocycles. The average Bonchev–Trinajstić information content (AvgIpc) is 3.04. The quantitative estimate of drug-likeness (QED) is 0.704. The predicted octanol–water partition coefficient (Wildman–Crippen LogP) is 4.78. The number of amides is 1. The second-order valence-corrected chi connectivity index (χ2v) is 8.80. The van der Waals surface area contributed by atoms with E-state index in [1.54, 1.807) is 11.0 Å². The molecule has 7 heteroatoms. The zero-order valence-electron chi connectivity index (χ0n) is 14.6. The van der Waals surface area contributed by atoms with Crippen LogP contribution >= 0.6 is 15.9 Å². The van der Waals surface area contributed by atoms with E-state index < -0.39 is 17.2 Å². The van der Waals surface area contributed by atoms with Gasteiger partial charge in [-0.3, -0.25) is 0 Å². The summed E-state index contributed by atoms with van der Waals surface area (Å²) in [6.07, 6.45) is 1.40. The van der Waals surface area contributed by atoms with Crippen molar-refractivity contribution in [3.63, 3.8) is 0 Å². The monoisotopic (exact) mass is 416 g/mol. The lowest BCUT2D eigenvalue weighted by molar-refractivity contribution is 0.0280. The summed E-state index contributed by atoms with van der Waals surface area (Å²) in [4.78, 5) is 13.9. The first-order chi connectivity index (χ1) is 11.6. The van der Waals surface area contributed by atoms with Crippen molar-refractivity contribution < 1.29 is 18.3 Å². The fourth-order valence-corrected chi connectivity index (χ4v) is 4.06. The number of hydrogen-bond donors (Lipinski definition) is 1. The number of likely N-dealkylation sites (tertiary alicyclic amines) is 1. The van der Waals surface area contributed by atoms with Gasteiger partial charge in [-0.15, -0.1) is 0 Å². The number of halogens is 3. The molecule has 0 spiro atoms. The maximum absolute atomic E-state index is 14.0. The summed E-state index contributed by atoms with van der Waals surface area (Å²) >= 11 is 2.98. The van der Waals surface area contributed by atoms with E-state index in [4.69, 9.17) is 4.74 Å². The van der Waals surface area contributed by atoms with Crippen molar-refractivity contribution in [2.24, 2.45) is 11.8 Å². The van der Waals surface area contributed by atoms with Crippen LogP contribution in [-0.4, -0.2) is 35.7 Å². The molecule has 138 valence electrons. The molecule has 0 bridgehead atoms. The number of fused-ring (bicyclic) bond motifs is 1. The van der Waals surface area contributed by atoms with Gasteiger partial charge in [0.1, 0.15) is 5.60 Å². The average molecular weight is 417 g/mol. The van der Waals surface area contributed by atoms with Crippen molar-refractivity contribution in [3.05, 3.63) is 28.2 Å². The number of hydrogen-bond acceptors (Lipinski definition) is 3. The van der Waals surface area contributed by atoms with E-state index in [-0.39, 0.29) is 22.3 Å². The van der Waals surface area contributed by atoms with E-state index in [0.29, 0.717) is 24.9 Å². The number of nitrogens with zero attached hydrogens (tertiary/aromatic N) is 1. The van der Waals surface area contributed by atoms with Gasteiger partial charge in [0.15, 0.2) is 11.6 Å². The largest absolute Gasteiger partial charge is 0.444 e. The topological polar surface area (TPSA) is 41.6 Å². The Hall–Kier alpha value is -1.37. The minimum Gasteiger partial charge on any atom is -0.444 e. The zero-order chi connectivity index (χ0) is 18.4. The maximum Gasteiger partial charge on any atom is 0.410 e. The van der Waals surface area contributed by atoms with E-state index in [9.17, 15) is 13.6 Å². The molecule has 2 unspecified atom stereocenters. The molecule has 1 saturated heterocycles. The standard InChI is InChI=1S/C18H23BrF2N2O2/c1-18(2,3)25-17(24)23-8-10-6-12(7-11(10)9-23)22-14-5-4-13(19)15(20)16(14)21/h4-5,10-12,22H,6-9H2,1-3H3. The minimum absolute atomic E-state index is 0.0888. The SMILES string of the molecule is CC(C)(C)OC(=O)N1CC2CC(Nc3ccc(Br)c(F)c3F)CC2C1. The predicted molar refractivity (Wildman–Crippen MR) is 95.5 cm³/mol. The highest BCUT2D eigenvalue weighted by molar-refractivity contribution is 9.10. The Morgan fingerprint density at radius 2 is 1.80 bits per heavy atom. The van der Waals surface area contributed by atoms with Crippen LogP contribution in [0.25, 0.3) is 0 Å². The van der Waals surface area contributed by atoms with E-state index in [0.717, 1.165) is 12.8 Å². The van der Waals surface area contributed by atoms with Crippen molar-refractivity contribution in [1.29, 1.82) is 0 Å². The summed E-state index contributed by atoms with van der Waals surface area (Å²) in [6, 6.07) is 3.13. The van der Waals surface area contributed by atoms with E-state index >= 15 is 0 Å². The number of carbonyl (C=O) groups excluding carboxylic acids is 1. The molecule has 1 saturated carbocycles. The first-order valence-electron chi connectivity index (χ1n) is 8.52. The van der Waals surface area contributed by atoms with Crippen molar-refractivity contribution in [2.45, 2.75) is 45.3 Å². The summed E-state index contributed by atoms with van der Waals surface area (Å²) in [5.41, 5.74) is -0.308. The van der Waals surface area contributed by atoms with E-state index in [1.165, 1.54) is 6.07 Å². The van der Waals surface area contributed by atoms with Crippen molar-refractivity contribution in [3.8, 4) is 0 Å². The van der Waals surface area contributed by atoms with Crippen molar-refractivity contribution in [2.75, 3.05) is 18.4 Å². The summed E-state index contributed by atoms with van der Waals surface area (Å²) in [5.74, 6) is -0.997. The van der Waals surface area contributed by atoms with Crippen LogP contribution in [0.4, 0.5) is 19.3 Å². The van der Waals surface area contributed by atoms with Gasteiger partial charge in [-0.25, -0.2) is 13.6 Å². The zero-order valence-corrected chi connectivity index (χ0v) is 16.2. The van der Waals surface area contributed by atoms with Crippen LogP contribution in [0, 0.1) is 23.5 Å². The summed E-state index contributed by atoms with van der Waals surface area (Å²) in [6.45, 7) is 6.89. The van der Waals surface area contributed by atoms with Gasteiger partial charge in [0.05, 0.1) is 10.2 Å². The Kier molecular flexibility index (Phi) is 4.97. The van der Waals surface area contributed by atoms with Gasteiger partial charge in [0, 0.05) is 19.1 Å². The highest BCUT2D eigenvalue weighted by Gasteiger charge is 2.43. The Morgan fingerprint density at radius 1 is 1.20 bits per heavy atom. The lowest BCUT2D eigenvalue weighted by atomic mass is 10.0. The number of rotatable bonds is 2. The number of carbonyl (C=O) groups is 1. The van der Waals surface area contributed by atoms with Crippen LogP contribution in [-0.2, 0) is 4.74 Å². The molecule has 1 aliphatic carbocycles. The molecule has 1 heterocycles. The lowest BCUT2D eigenvalue weighted by Crippen LogP contribution is -2.36. The van der Waals surface area contributed by atoms with Crippen LogP contribution in [0.15, 0.2) is 16.6 Å². The Morgan fingerprint density at radius 3 is 2.36 bits per heavy atom. The van der Waals surface area contributed by atoms with E-state index in [1.807, 2.05) is 20.8 Å². The number of nitrogens with one attached hydrogen (secondary N) is 1. The Labute approximate surface area is 155 Å². The highest BCUT2D eigenvalue weighted by atomic mass is 79.9. The molecule has 1 aromatic carbocycles. The smallest absolute Gasteiger partial charge is 0.410 e. The summed E-state index contributed by atoms with van der Waals surface area (Å²) in [5, 5.41) is 3.12. The number of benzene rings is 1. The van der Waals surface area contributed by atoms with Gasteiger partial charge in [-0.1, -0.05) is 0 Å².